The van der Waals surface area contributed by atoms with Crippen LogP contribution in [0.2, 0.25) is 0 Å². The van der Waals surface area contributed by atoms with Crippen LogP contribution in [0.3, 0.4) is 0 Å². The van der Waals surface area contributed by atoms with E-state index >= 15 is 0 Å². The highest BCUT2D eigenvalue weighted by Gasteiger charge is 2.25. The Bertz CT molecular complexity index is 974. The fourth-order valence-corrected chi connectivity index (χ4v) is 4.30. The molecule has 29 heavy (non-hydrogen) atoms. The first-order valence-corrected chi connectivity index (χ1v) is 10.6. The quantitative estimate of drug-likeness (QED) is 0.457. The van der Waals surface area contributed by atoms with Crippen molar-refractivity contribution in [2.24, 2.45) is 0 Å². The van der Waals surface area contributed by atoms with Crippen LogP contribution in [-0.4, -0.2) is 44.5 Å². The number of anilines is 2. The number of nitro benzene ring substituents is 1. The summed E-state index contributed by atoms with van der Waals surface area (Å²) in [5, 5.41) is 14.5. The molecule has 0 aromatic heterocycles. The van der Waals surface area contributed by atoms with Crippen LogP contribution in [-0.2, 0) is 10.0 Å². The van der Waals surface area contributed by atoms with Crippen LogP contribution in [0.4, 0.5) is 17.1 Å². The number of sulfonamides is 1. The van der Waals surface area contributed by atoms with Crippen molar-refractivity contribution < 1.29 is 22.8 Å². The first-order valence-electron chi connectivity index (χ1n) is 9.14. The fraction of sp³-hybridized carbons (Fsp3) is 0.368. The minimum atomic E-state index is -3.80. The summed E-state index contributed by atoms with van der Waals surface area (Å²) in [4.78, 5) is 10.8. The predicted molar refractivity (Wildman–Crippen MR) is 111 cm³/mol. The van der Waals surface area contributed by atoms with Crippen LogP contribution in [0.15, 0.2) is 41.3 Å². The first-order chi connectivity index (χ1) is 13.8. The van der Waals surface area contributed by atoms with Crippen LogP contribution in [0, 0.1) is 10.1 Å². The van der Waals surface area contributed by atoms with Gasteiger partial charge in [-0.1, -0.05) is 13.8 Å². The summed E-state index contributed by atoms with van der Waals surface area (Å²) < 4.78 is 37.3. The summed E-state index contributed by atoms with van der Waals surface area (Å²) in [6.07, 6.45) is 0. The molecule has 2 rings (SSSR count). The number of nitrogens with zero attached hydrogens (tertiary/aromatic N) is 2. The van der Waals surface area contributed by atoms with E-state index in [1.54, 1.807) is 32.0 Å². The maximum absolute atomic E-state index is 12.7. The standard InChI is InChI=1S/C19H25N3O6S/c1-5-21(6-2)29(25,26)15-9-10-16(17(13-15)22(23)24)20-14-8-11-18(28-7-3)19(12-14)27-4/h8-13,20H,5-7H2,1-4H3. The van der Waals surface area contributed by atoms with Gasteiger partial charge in [0.2, 0.25) is 10.0 Å². The molecule has 0 heterocycles. The number of hydrogen-bond acceptors (Lipinski definition) is 7. The molecule has 0 aliphatic rings. The van der Waals surface area contributed by atoms with Crippen LogP contribution >= 0.6 is 0 Å². The van der Waals surface area contributed by atoms with Gasteiger partial charge >= 0.3 is 0 Å². The van der Waals surface area contributed by atoms with E-state index in [1.807, 2.05) is 6.92 Å². The summed E-state index contributed by atoms with van der Waals surface area (Å²) in [7, 11) is -2.31. The lowest BCUT2D eigenvalue weighted by molar-refractivity contribution is -0.384. The maximum atomic E-state index is 12.7. The summed E-state index contributed by atoms with van der Waals surface area (Å²) in [5.41, 5.74) is 0.360. The van der Waals surface area contributed by atoms with Gasteiger partial charge in [0, 0.05) is 30.9 Å². The third-order valence-corrected chi connectivity index (χ3v) is 6.30. The molecule has 2 aromatic rings. The molecule has 0 radical (unpaired) electrons. The third kappa shape index (κ3) is 4.96. The van der Waals surface area contributed by atoms with E-state index in [0.29, 0.717) is 23.8 Å². The van der Waals surface area contributed by atoms with Crippen LogP contribution < -0.4 is 14.8 Å². The van der Waals surface area contributed by atoms with E-state index in [9.17, 15) is 18.5 Å². The normalized spacial score (nSPS) is 11.3. The molecule has 0 fully saturated rings. The largest absolute Gasteiger partial charge is 0.493 e. The Morgan fingerprint density at radius 2 is 1.76 bits per heavy atom. The van der Waals surface area contributed by atoms with Crippen molar-refractivity contribution in [2.75, 3.05) is 32.1 Å². The molecule has 0 atom stereocenters. The van der Waals surface area contributed by atoms with Crippen molar-refractivity contribution >= 4 is 27.1 Å². The molecule has 158 valence electrons. The average Bonchev–Trinajstić information content (AvgIpc) is 2.70. The molecule has 9 nitrogen and oxygen atoms in total. The molecule has 10 heteroatoms. The van der Waals surface area contributed by atoms with Crippen molar-refractivity contribution in [3.8, 4) is 11.5 Å². The van der Waals surface area contributed by atoms with Gasteiger partial charge < -0.3 is 14.8 Å². The van der Waals surface area contributed by atoms with E-state index in [4.69, 9.17) is 9.47 Å². The predicted octanol–water partition coefficient (Wildman–Crippen LogP) is 3.78. The number of hydrogen-bond donors (Lipinski definition) is 1. The third-order valence-electron chi connectivity index (χ3n) is 4.25. The molecule has 0 saturated heterocycles. The van der Waals surface area contributed by atoms with Gasteiger partial charge in [0.15, 0.2) is 11.5 Å². The van der Waals surface area contributed by atoms with Gasteiger partial charge in [0.05, 0.1) is 23.5 Å². The zero-order chi connectivity index (χ0) is 21.6. The van der Waals surface area contributed by atoms with Gasteiger partial charge in [-0.25, -0.2) is 8.42 Å². The second kappa shape index (κ2) is 9.57. The van der Waals surface area contributed by atoms with Gasteiger partial charge in [0.1, 0.15) is 5.69 Å². The second-order valence-electron chi connectivity index (χ2n) is 5.95. The molecule has 0 amide bonds. The molecule has 2 aromatic carbocycles. The minimum absolute atomic E-state index is 0.122. The summed E-state index contributed by atoms with van der Waals surface area (Å²) >= 11 is 0. The number of rotatable bonds is 10. The molecule has 1 N–H and O–H groups in total. The van der Waals surface area contributed by atoms with Gasteiger partial charge in [-0.2, -0.15) is 4.31 Å². The lowest BCUT2D eigenvalue weighted by atomic mass is 10.2. The molecule has 0 aliphatic heterocycles. The van der Waals surface area contributed by atoms with Crippen molar-refractivity contribution in [2.45, 2.75) is 25.7 Å². The monoisotopic (exact) mass is 423 g/mol. The van der Waals surface area contributed by atoms with E-state index in [0.717, 1.165) is 6.07 Å². The number of nitro groups is 1. The topological polar surface area (TPSA) is 111 Å². The number of benzene rings is 2. The molecular weight excluding hydrogens is 398 g/mol. The van der Waals surface area contributed by atoms with Crippen LogP contribution in [0.5, 0.6) is 11.5 Å². The lowest BCUT2D eigenvalue weighted by Gasteiger charge is -2.18. The van der Waals surface area contributed by atoms with Gasteiger partial charge in [0.25, 0.3) is 5.69 Å². The lowest BCUT2D eigenvalue weighted by Crippen LogP contribution is -2.30. The number of ether oxygens (including phenoxy) is 2. The van der Waals surface area contributed by atoms with E-state index in [1.165, 1.54) is 23.5 Å². The Balaban J connectivity index is 2.43. The number of nitrogens with one attached hydrogen (secondary N) is 1. The van der Waals surface area contributed by atoms with E-state index in [-0.39, 0.29) is 29.4 Å². The summed E-state index contributed by atoms with van der Waals surface area (Å²) in [6.45, 7) is 6.30. The van der Waals surface area contributed by atoms with Crippen molar-refractivity contribution in [1.82, 2.24) is 4.31 Å². The Labute approximate surface area is 170 Å². The van der Waals surface area contributed by atoms with E-state index in [2.05, 4.69) is 5.32 Å². The Hall–Kier alpha value is -2.85. The van der Waals surface area contributed by atoms with Crippen LogP contribution in [0.25, 0.3) is 0 Å². The Kier molecular flexibility index (Phi) is 7.40. The second-order valence-corrected chi connectivity index (χ2v) is 7.89. The van der Waals surface area contributed by atoms with E-state index < -0.39 is 14.9 Å². The molecule has 0 saturated carbocycles. The zero-order valence-corrected chi connectivity index (χ0v) is 17.7. The SMILES string of the molecule is CCOc1ccc(Nc2ccc(S(=O)(=O)N(CC)CC)cc2[N+](=O)[O-])cc1OC. The Morgan fingerprint density at radius 3 is 2.31 bits per heavy atom. The van der Waals surface area contributed by atoms with Crippen molar-refractivity contribution in [3.63, 3.8) is 0 Å². The smallest absolute Gasteiger partial charge is 0.294 e. The summed E-state index contributed by atoms with van der Waals surface area (Å²) in [5.74, 6) is 1.02. The molecule has 0 unspecified atom stereocenters. The molecule has 0 spiro atoms. The van der Waals surface area contributed by atoms with Crippen LogP contribution in [0.1, 0.15) is 20.8 Å². The minimum Gasteiger partial charge on any atom is -0.493 e. The fourth-order valence-electron chi connectivity index (χ4n) is 2.82. The van der Waals surface area contributed by atoms with Gasteiger partial charge in [-0.3, -0.25) is 10.1 Å². The van der Waals surface area contributed by atoms with Crippen molar-refractivity contribution in [3.05, 3.63) is 46.5 Å². The highest BCUT2D eigenvalue weighted by molar-refractivity contribution is 7.89. The van der Waals surface area contributed by atoms with Crippen molar-refractivity contribution in [1.29, 1.82) is 0 Å². The maximum Gasteiger partial charge on any atom is 0.294 e. The first kappa shape index (κ1) is 22.4. The molecule has 0 bridgehead atoms. The highest BCUT2D eigenvalue weighted by atomic mass is 32.2. The Morgan fingerprint density at radius 1 is 1.07 bits per heavy atom. The van der Waals surface area contributed by atoms with Gasteiger partial charge in [-0.05, 0) is 31.2 Å². The number of methoxy groups -OCH3 is 1. The highest BCUT2D eigenvalue weighted by Crippen LogP contribution is 2.35. The molecule has 0 aliphatic carbocycles. The summed E-state index contributed by atoms with van der Waals surface area (Å²) in [6, 6.07) is 8.84. The average molecular weight is 423 g/mol. The zero-order valence-electron chi connectivity index (χ0n) is 16.8. The molecular formula is C19H25N3O6S. The van der Waals surface area contributed by atoms with Gasteiger partial charge in [-0.15, -0.1) is 0 Å².